The molecule has 2 heterocycles. The van der Waals surface area contributed by atoms with E-state index in [1.54, 1.807) is 0 Å². The molecule has 0 fully saturated rings. The Morgan fingerprint density at radius 3 is 2.80 bits per heavy atom. The molecule has 1 aliphatic rings. The fourth-order valence-corrected chi connectivity index (χ4v) is 2.87. The summed E-state index contributed by atoms with van der Waals surface area (Å²) in [6.45, 7) is 2.52. The third-order valence-corrected chi connectivity index (χ3v) is 4.07. The van der Waals surface area contributed by atoms with Crippen molar-refractivity contribution in [3.8, 4) is 5.88 Å². The first-order valence-corrected chi connectivity index (χ1v) is 7.86. The zero-order valence-corrected chi connectivity index (χ0v) is 12.2. The fourth-order valence-electron chi connectivity index (χ4n) is 2.50. The molecule has 0 spiro atoms. The van der Waals surface area contributed by atoms with Crippen LogP contribution in [0, 0.1) is 0 Å². The lowest BCUT2D eigenvalue weighted by atomic mass is 10.1. The Morgan fingerprint density at radius 1 is 1.25 bits per heavy atom. The van der Waals surface area contributed by atoms with Gasteiger partial charge in [0.1, 0.15) is 0 Å². The van der Waals surface area contributed by atoms with Crippen molar-refractivity contribution in [3.63, 3.8) is 0 Å². The van der Waals surface area contributed by atoms with Gasteiger partial charge in [0, 0.05) is 25.2 Å². The van der Waals surface area contributed by atoms with Crippen molar-refractivity contribution >= 4 is 11.8 Å². The number of hydrogen-bond donors (Lipinski definition) is 0. The zero-order valence-electron chi connectivity index (χ0n) is 11.4. The van der Waals surface area contributed by atoms with Crippen LogP contribution < -0.4 is 0 Å². The minimum Gasteiger partial charge on any atom is -0.293 e. The Balaban J connectivity index is 1.79. The van der Waals surface area contributed by atoms with E-state index in [1.807, 2.05) is 12.3 Å². The van der Waals surface area contributed by atoms with Crippen LogP contribution in [0.15, 0.2) is 35.5 Å². The summed E-state index contributed by atoms with van der Waals surface area (Å²) in [6.07, 6.45) is 2.64. The van der Waals surface area contributed by atoms with Crippen LogP contribution in [-0.4, -0.2) is 27.7 Å². The first-order chi connectivity index (χ1) is 9.76. The molecule has 2 aromatic rings. The van der Waals surface area contributed by atoms with Crippen LogP contribution in [0.4, 0.5) is 0 Å². The van der Waals surface area contributed by atoms with Gasteiger partial charge in [0.15, 0.2) is 5.16 Å². The van der Waals surface area contributed by atoms with Crippen LogP contribution in [0.25, 0.3) is 0 Å². The van der Waals surface area contributed by atoms with Gasteiger partial charge in [0.2, 0.25) is 0 Å². The highest BCUT2D eigenvalue weighted by molar-refractivity contribution is 7.98. The molecule has 1 radical (unpaired) electrons. The summed E-state index contributed by atoms with van der Waals surface area (Å²) in [5, 5.41) is 12.5. The summed E-state index contributed by atoms with van der Waals surface area (Å²) in [5.74, 6) is -0.0984. The lowest BCUT2D eigenvalue weighted by Gasteiger charge is -2.27. The van der Waals surface area contributed by atoms with Crippen molar-refractivity contribution in [3.05, 3.63) is 47.2 Å². The molecule has 1 aromatic carbocycles. The minimum atomic E-state index is -0.0984. The SMILES string of the molecule is CSc1nc([O])c2c(n1)CN(Cc1ccccc1)CC2. The highest BCUT2D eigenvalue weighted by Crippen LogP contribution is 2.27. The Bertz CT molecular complexity index is 604. The molecular weight excluding hydrogens is 270 g/mol. The Kier molecular flexibility index (Phi) is 3.89. The van der Waals surface area contributed by atoms with E-state index < -0.39 is 0 Å². The number of hydrogen-bond acceptors (Lipinski definition) is 4. The van der Waals surface area contributed by atoms with Crippen LogP contribution in [0.5, 0.6) is 5.88 Å². The topological polar surface area (TPSA) is 48.9 Å². The summed E-state index contributed by atoms with van der Waals surface area (Å²) < 4.78 is 0. The number of fused-ring (bicyclic) bond motifs is 1. The number of benzene rings is 1. The lowest BCUT2D eigenvalue weighted by Crippen LogP contribution is -2.31. The number of nitrogens with zero attached hydrogens (tertiary/aromatic N) is 3. The molecule has 0 N–H and O–H groups in total. The molecule has 0 saturated heterocycles. The summed E-state index contributed by atoms with van der Waals surface area (Å²) in [5.41, 5.74) is 2.99. The Labute approximate surface area is 122 Å². The van der Waals surface area contributed by atoms with E-state index in [4.69, 9.17) is 0 Å². The molecule has 3 rings (SSSR count). The molecule has 0 saturated carbocycles. The maximum atomic E-state index is 11.9. The van der Waals surface area contributed by atoms with Crippen LogP contribution in [0.1, 0.15) is 16.8 Å². The average Bonchev–Trinajstić information content (AvgIpc) is 2.48. The summed E-state index contributed by atoms with van der Waals surface area (Å²) in [4.78, 5) is 10.8. The maximum Gasteiger partial charge on any atom is 0.277 e. The standard InChI is InChI=1S/C15H16N3OS/c1-20-15-16-13-10-18(8-7-12(13)14(19)17-15)9-11-5-3-2-4-6-11/h2-6H,7-10H2,1H3. The summed E-state index contributed by atoms with van der Waals surface area (Å²) >= 11 is 1.42. The molecule has 0 aliphatic carbocycles. The predicted octanol–water partition coefficient (Wildman–Crippen LogP) is 2.90. The zero-order chi connectivity index (χ0) is 13.9. The van der Waals surface area contributed by atoms with E-state index in [1.165, 1.54) is 17.3 Å². The Morgan fingerprint density at radius 2 is 2.05 bits per heavy atom. The maximum absolute atomic E-state index is 11.9. The molecule has 20 heavy (non-hydrogen) atoms. The molecule has 1 aromatic heterocycles. The van der Waals surface area contributed by atoms with Gasteiger partial charge in [-0.1, -0.05) is 42.1 Å². The molecule has 0 unspecified atom stereocenters. The van der Waals surface area contributed by atoms with Crippen molar-refractivity contribution in [1.29, 1.82) is 0 Å². The molecule has 0 amide bonds. The van der Waals surface area contributed by atoms with Crippen molar-refractivity contribution < 1.29 is 5.11 Å². The normalized spacial score (nSPS) is 15.1. The van der Waals surface area contributed by atoms with Gasteiger partial charge < -0.3 is 0 Å². The van der Waals surface area contributed by atoms with Gasteiger partial charge in [-0.3, -0.25) is 10.0 Å². The largest absolute Gasteiger partial charge is 0.293 e. The van der Waals surface area contributed by atoms with Gasteiger partial charge in [-0.15, -0.1) is 0 Å². The van der Waals surface area contributed by atoms with Crippen LogP contribution in [-0.2, 0) is 24.6 Å². The lowest BCUT2D eigenvalue weighted by molar-refractivity contribution is 0.231. The number of thioether (sulfide) groups is 1. The first kappa shape index (κ1) is 13.4. The second-order valence-corrected chi connectivity index (χ2v) is 5.66. The fraction of sp³-hybridized carbons (Fsp3) is 0.333. The van der Waals surface area contributed by atoms with Crippen LogP contribution >= 0.6 is 11.8 Å². The molecule has 0 atom stereocenters. The Hall–Kier alpha value is -1.59. The number of rotatable bonds is 3. The minimum absolute atomic E-state index is 0.0984. The van der Waals surface area contributed by atoms with Gasteiger partial charge in [-0.05, 0) is 18.2 Å². The molecule has 4 nitrogen and oxygen atoms in total. The van der Waals surface area contributed by atoms with E-state index in [-0.39, 0.29) is 5.88 Å². The third-order valence-electron chi connectivity index (χ3n) is 3.52. The van der Waals surface area contributed by atoms with E-state index in [0.29, 0.717) is 5.16 Å². The van der Waals surface area contributed by atoms with Crippen molar-refractivity contribution in [1.82, 2.24) is 14.9 Å². The van der Waals surface area contributed by atoms with Crippen LogP contribution in [0.2, 0.25) is 0 Å². The summed E-state index contributed by atoms with van der Waals surface area (Å²) in [7, 11) is 0. The van der Waals surface area contributed by atoms with E-state index in [9.17, 15) is 5.11 Å². The molecule has 103 valence electrons. The smallest absolute Gasteiger partial charge is 0.277 e. The predicted molar refractivity (Wildman–Crippen MR) is 78.2 cm³/mol. The second-order valence-electron chi connectivity index (χ2n) is 4.89. The van der Waals surface area contributed by atoms with E-state index in [0.717, 1.165) is 37.3 Å². The summed E-state index contributed by atoms with van der Waals surface area (Å²) in [6, 6.07) is 10.4. The molecular formula is C15H16N3OS. The van der Waals surface area contributed by atoms with Crippen molar-refractivity contribution in [2.45, 2.75) is 24.7 Å². The van der Waals surface area contributed by atoms with Crippen molar-refractivity contribution in [2.75, 3.05) is 12.8 Å². The van der Waals surface area contributed by atoms with Gasteiger partial charge >= 0.3 is 0 Å². The molecule has 0 bridgehead atoms. The molecule has 1 aliphatic heterocycles. The monoisotopic (exact) mass is 286 g/mol. The van der Waals surface area contributed by atoms with Crippen molar-refractivity contribution in [2.24, 2.45) is 0 Å². The molecule has 5 heteroatoms. The average molecular weight is 286 g/mol. The van der Waals surface area contributed by atoms with Crippen LogP contribution in [0.3, 0.4) is 0 Å². The number of aromatic nitrogens is 2. The van der Waals surface area contributed by atoms with Gasteiger partial charge in [-0.25, -0.2) is 4.98 Å². The highest BCUT2D eigenvalue weighted by atomic mass is 32.2. The van der Waals surface area contributed by atoms with Gasteiger partial charge in [0.25, 0.3) is 5.88 Å². The highest BCUT2D eigenvalue weighted by Gasteiger charge is 2.23. The van der Waals surface area contributed by atoms with Gasteiger partial charge in [0.05, 0.1) is 5.69 Å². The van der Waals surface area contributed by atoms with Gasteiger partial charge in [-0.2, -0.15) is 4.98 Å². The van der Waals surface area contributed by atoms with E-state index >= 15 is 0 Å². The quantitative estimate of drug-likeness (QED) is 0.643. The second kappa shape index (κ2) is 5.81. The first-order valence-electron chi connectivity index (χ1n) is 6.63. The van der Waals surface area contributed by atoms with E-state index in [2.05, 4.69) is 39.1 Å². The third kappa shape index (κ3) is 2.78.